The highest BCUT2D eigenvalue weighted by molar-refractivity contribution is 9.10. The Bertz CT molecular complexity index is 1010. The SMILES string of the molecule is Cc1ccc(C2=NN3[C@H](C2)c2cc(Br)ccc2O[C@@H]3c2ccccc2)cc1. The van der Waals surface area contributed by atoms with Crippen LogP contribution in [0.5, 0.6) is 5.75 Å². The van der Waals surface area contributed by atoms with Gasteiger partial charge in [0.15, 0.2) is 0 Å². The maximum atomic E-state index is 6.39. The lowest BCUT2D eigenvalue weighted by Gasteiger charge is -2.38. The molecule has 0 N–H and O–H groups in total. The molecule has 3 nitrogen and oxygen atoms in total. The summed E-state index contributed by atoms with van der Waals surface area (Å²) < 4.78 is 7.45. The maximum Gasteiger partial charge on any atom is 0.213 e. The van der Waals surface area contributed by atoms with E-state index in [4.69, 9.17) is 9.84 Å². The van der Waals surface area contributed by atoms with Crippen molar-refractivity contribution in [2.45, 2.75) is 25.6 Å². The zero-order valence-corrected chi connectivity index (χ0v) is 16.6. The van der Waals surface area contributed by atoms with E-state index in [-0.39, 0.29) is 12.3 Å². The molecule has 2 aliphatic heterocycles. The zero-order valence-electron chi connectivity index (χ0n) is 15.0. The van der Waals surface area contributed by atoms with Crippen molar-refractivity contribution in [2.24, 2.45) is 5.10 Å². The van der Waals surface area contributed by atoms with Crippen LogP contribution in [0.25, 0.3) is 0 Å². The molecule has 0 radical (unpaired) electrons. The quantitative estimate of drug-likeness (QED) is 0.509. The highest BCUT2D eigenvalue weighted by Gasteiger charge is 2.40. The number of hydrogen-bond acceptors (Lipinski definition) is 3. The van der Waals surface area contributed by atoms with Gasteiger partial charge in [-0.2, -0.15) is 5.10 Å². The highest BCUT2D eigenvalue weighted by atomic mass is 79.9. The number of ether oxygens (including phenoxy) is 1. The lowest BCUT2D eigenvalue weighted by atomic mass is 9.95. The van der Waals surface area contributed by atoms with Gasteiger partial charge in [0.25, 0.3) is 0 Å². The van der Waals surface area contributed by atoms with Crippen LogP contribution in [-0.4, -0.2) is 10.7 Å². The highest BCUT2D eigenvalue weighted by Crippen LogP contribution is 2.48. The number of benzene rings is 3. The molecule has 0 amide bonds. The molecule has 27 heavy (non-hydrogen) atoms. The number of halogens is 1. The van der Waals surface area contributed by atoms with E-state index in [2.05, 4.69) is 76.4 Å². The van der Waals surface area contributed by atoms with Crippen molar-refractivity contribution in [1.82, 2.24) is 5.01 Å². The van der Waals surface area contributed by atoms with Gasteiger partial charge in [-0.25, -0.2) is 5.01 Å². The smallest absolute Gasteiger partial charge is 0.213 e. The summed E-state index contributed by atoms with van der Waals surface area (Å²) >= 11 is 3.60. The van der Waals surface area contributed by atoms with Crippen molar-refractivity contribution in [3.8, 4) is 5.75 Å². The Balaban J connectivity index is 1.60. The summed E-state index contributed by atoms with van der Waals surface area (Å²) in [5.74, 6) is 0.939. The molecule has 0 fully saturated rings. The molecule has 5 rings (SSSR count). The van der Waals surface area contributed by atoms with Crippen LogP contribution in [0.4, 0.5) is 0 Å². The van der Waals surface area contributed by atoms with Crippen LogP contribution in [0.3, 0.4) is 0 Å². The van der Waals surface area contributed by atoms with E-state index < -0.39 is 0 Å². The van der Waals surface area contributed by atoms with Crippen molar-refractivity contribution < 1.29 is 4.74 Å². The summed E-state index contributed by atoms with van der Waals surface area (Å²) in [6, 6.07) is 25.3. The maximum absolute atomic E-state index is 6.39. The van der Waals surface area contributed by atoms with E-state index >= 15 is 0 Å². The van der Waals surface area contributed by atoms with E-state index in [0.717, 1.165) is 27.9 Å². The molecular formula is C23H19BrN2O. The van der Waals surface area contributed by atoms with Gasteiger partial charge in [-0.3, -0.25) is 0 Å². The Hall–Kier alpha value is -2.59. The predicted octanol–water partition coefficient (Wildman–Crippen LogP) is 6.00. The Kier molecular flexibility index (Phi) is 4.01. The molecule has 2 atom stereocenters. The molecule has 0 aliphatic carbocycles. The van der Waals surface area contributed by atoms with Gasteiger partial charge in [0.1, 0.15) is 5.75 Å². The predicted molar refractivity (Wildman–Crippen MR) is 111 cm³/mol. The normalized spacial score (nSPS) is 20.5. The number of aryl methyl sites for hydroxylation is 1. The third-order valence-corrected chi connectivity index (χ3v) is 5.71. The van der Waals surface area contributed by atoms with Gasteiger partial charge in [0.2, 0.25) is 6.23 Å². The van der Waals surface area contributed by atoms with Crippen molar-refractivity contribution in [3.63, 3.8) is 0 Å². The van der Waals surface area contributed by atoms with Crippen LogP contribution in [-0.2, 0) is 0 Å². The Morgan fingerprint density at radius 1 is 1.00 bits per heavy atom. The second-order valence-corrected chi connectivity index (χ2v) is 7.99. The number of hydrazone groups is 1. The Morgan fingerprint density at radius 3 is 2.56 bits per heavy atom. The summed E-state index contributed by atoms with van der Waals surface area (Å²) in [7, 11) is 0. The molecule has 2 heterocycles. The average Bonchev–Trinajstić information content (AvgIpc) is 3.14. The van der Waals surface area contributed by atoms with Gasteiger partial charge < -0.3 is 4.74 Å². The van der Waals surface area contributed by atoms with Crippen LogP contribution >= 0.6 is 15.9 Å². The van der Waals surface area contributed by atoms with E-state index in [9.17, 15) is 0 Å². The van der Waals surface area contributed by atoms with Crippen LogP contribution < -0.4 is 4.74 Å². The van der Waals surface area contributed by atoms with Gasteiger partial charge >= 0.3 is 0 Å². The fourth-order valence-corrected chi connectivity index (χ4v) is 4.19. The van der Waals surface area contributed by atoms with E-state index in [1.54, 1.807) is 0 Å². The van der Waals surface area contributed by atoms with Crippen LogP contribution in [0.2, 0.25) is 0 Å². The third-order valence-electron chi connectivity index (χ3n) is 5.22. The van der Waals surface area contributed by atoms with Gasteiger partial charge in [-0.05, 0) is 30.7 Å². The second-order valence-electron chi connectivity index (χ2n) is 7.08. The summed E-state index contributed by atoms with van der Waals surface area (Å²) in [6.07, 6.45) is 0.659. The molecule has 0 saturated heterocycles. The number of rotatable bonds is 2. The molecule has 2 aliphatic rings. The second kappa shape index (κ2) is 6.54. The third kappa shape index (κ3) is 2.94. The lowest BCUT2D eigenvalue weighted by molar-refractivity contribution is -0.0190. The lowest BCUT2D eigenvalue weighted by Crippen LogP contribution is -2.33. The van der Waals surface area contributed by atoms with Gasteiger partial charge in [0.05, 0.1) is 11.8 Å². The summed E-state index contributed by atoms with van der Waals surface area (Å²) in [6.45, 7) is 2.11. The molecule has 134 valence electrons. The molecule has 0 bridgehead atoms. The first-order valence-corrected chi connectivity index (χ1v) is 9.92. The number of fused-ring (bicyclic) bond motifs is 3. The van der Waals surface area contributed by atoms with E-state index in [1.165, 1.54) is 16.7 Å². The van der Waals surface area contributed by atoms with Gasteiger partial charge in [-0.1, -0.05) is 76.1 Å². The van der Waals surface area contributed by atoms with Crippen LogP contribution in [0.1, 0.15) is 40.9 Å². The minimum absolute atomic E-state index is 0.174. The van der Waals surface area contributed by atoms with Crippen LogP contribution in [0.15, 0.2) is 82.4 Å². The molecule has 3 aromatic carbocycles. The zero-order chi connectivity index (χ0) is 18.4. The van der Waals surface area contributed by atoms with Crippen molar-refractivity contribution >= 4 is 21.6 Å². The molecule has 3 aromatic rings. The monoisotopic (exact) mass is 418 g/mol. The fraction of sp³-hybridized carbons (Fsp3) is 0.174. The first-order valence-electron chi connectivity index (χ1n) is 9.13. The van der Waals surface area contributed by atoms with Crippen LogP contribution in [0, 0.1) is 6.92 Å². The molecule has 0 unspecified atom stereocenters. The van der Waals surface area contributed by atoms with Gasteiger partial charge in [0, 0.05) is 22.0 Å². The van der Waals surface area contributed by atoms with Crippen molar-refractivity contribution in [3.05, 3.63) is 99.5 Å². The fourth-order valence-electron chi connectivity index (χ4n) is 3.82. The number of nitrogens with zero attached hydrogens (tertiary/aromatic N) is 2. The first-order chi connectivity index (χ1) is 13.2. The topological polar surface area (TPSA) is 24.8 Å². The first kappa shape index (κ1) is 16.6. The van der Waals surface area contributed by atoms with Gasteiger partial charge in [-0.15, -0.1) is 0 Å². The molecule has 0 saturated carbocycles. The summed E-state index contributed by atoms with van der Waals surface area (Å²) in [5.41, 5.74) is 5.85. The molecule has 0 aromatic heterocycles. The van der Waals surface area contributed by atoms with Crippen molar-refractivity contribution in [1.29, 1.82) is 0 Å². The molecule has 0 spiro atoms. The summed E-state index contributed by atoms with van der Waals surface area (Å²) in [4.78, 5) is 0. The van der Waals surface area contributed by atoms with E-state index in [1.807, 2.05) is 24.3 Å². The minimum atomic E-state index is -0.215. The van der Waals surface area contributed by atoms with E-state index in [0.29, 0.717) is 0 Å². The number of hydrogen-bond donors (Lipinski definition) is 0. The minimum Gasteiger partial charge on any atom is -0.464 e. The Labute approximate surface area is 167 Å². The largest absolute Gasteiger partial charge is 0.464 e. The Morgan fingerprint density at radius 2 is 1.78 bits per heavy atom. The van der Waals surface area contributed by atoms with Crippen molar-refractivity contribution in [2.75, 3.05) is 0 Å². The molecule has 4 heteroatoms. The average molecular weight is 419 g/mol. The molecular weight excluding hydrogens is 400 g/mol. The summed E-state index contributed by atoms with van der Waals surface area (Å²) in [5, 5.41) is 7.13. The standard InChI is InChI=1S/C23H19BrN2O/c1-15-7-9-16(10-8-15)20-14-21-19-13-18(24)11-12-22(19)27-23(26(21)25-20)17-5-3-2-4-6-17/h2-13,21,23H,14H2,1H3/t21-,23-/m1/s1.